The summed E-state index contributed by atoms with van der Waals surface area (Å²) in [6.45, 7) is 0. The normalized spacial score (nSPS) is 12.9. The zero-order chi connectivity index (χ0) is 41.5. The molecule has 63 heavy (non-hydrogen) atoms. The molecule has 2 nitrogen and oxygen atoms in total. The Bertz CT molecular complexity index is 3500. The Morgan fingerprint density at radius 2 is 0.762 bits per heavy atom. The maximum absolute atomic E-state index is 6.28. The third kappa shape index (κ3) is 5.32. The highest BCUT2D eigenvalue weighted by Gasteiger charge is 2.52. The van der Waals surface area contributed by atoms with Gasteiger partial charge in [0.2, 0.25) is 0 Å². The number of rotatable bonds is 6. The van der Waals surface area contributed by atoms with Crippen LogP contribution in [0, 0.1) is 0 Å². The first-order valence-corrected chi connectivity index (χ1v) is 21.7. The smallest absolute Gasteiger partial charge is 0.136 e. The molecule has 0 saturated carbocycles. The zero-order valence-electron chi connectivity index (χ0n) is 34.4. The van der Waals surface area contributed by atoms with Crippen molar-refractivity contribution in [2.24, 2.45) is 0 Å². The van der Waals surface area contributed by atoms with E-state index in [9.17, 15) is 0 Å². The number of furan rings is 1. The van der Waals surface area contributed by atoms with Crippen LogP contribution < -0.4 is 4.90 Å². The predicted octanol–water partition coefficient (Wildman–Crippen LogP) is 16.4. The first-order valence-electron chi connectivity index (χ1n) is 21.7. The van der Waals surface area contributed by atoms with E-state index in [2.05, 4.69) is 229 Å². The van der Waals surface area contributed by atoms with Crippen LogP contribution in [0.2, 0.25) is 0 Å². The Labute approximate surface area is 366 Å². The van der Waals surface area contributed by atoms with E-state index in [1.54, 1.807) is 0 Å². The Morgan fingerprint density at radius 3 is 1.44 bits per heavy atom. The first kappa shape index (κ1) is 35.5. The van der Waals surface area contributed by atoms with Crippen molar-refractivity contribution in [3.05, 3.63) is 259 Å². The Morgan fingerprint density at radius 1 is 0.286 bits per heavy atom. The fraction of sp³-hybridized carbons (Fsp3) is 0.0164. The molecule has 0 unspecified atom stereocenters. The van der Waals surface area contributed by atoms with Crippen LogP contribution in [0.25, 0.3) is 77.6 Å². The molecule has 2 heteroatoms. The van der Waals surface area contributed by atoms with Crippen LogP contribution >= 0.6 is 0 Å². The number of anilines is 3. The van der Waals surface area contributed by atoms with E-state index in [4.69, 9.17) is 4.42 Å². The van der Waals surface area contributed by atoms with Crippen LogP contribution in [0.3, 0.4) is 0 Å². The van der Waals surface area contributed by atoms with Gasteiger partial charge in [0.05, 0.1) is 5.41 Å². The summed E-state index contributed by atoms with van der Waals surface area (Å²) in [6, 6.07) is 86.5. The van der Waals surface area contributed by atoms with Gasteiger partial charge in [0.25, 0.3) is 0 Å². The molecule has 10 aromatic carbocycles. The van der Waals surface area contributed by atoms with Crippen molar-refractivity contribution < 1.29 is 4.42 Å². The Hall–Kier alpha value is -8.20. The average Bonchev–Trinajstić information content (AvgIpc) is 3.99. The lowest BCUT2D eigenvalue weighted by Gasteiger charge is -2.32. The van der Waals surface area contributed by atoms with Crippen LogP contribution in [-0.2, 0) is 5.41 Å². The molecule has 0 saturated heterocycles. The van der Waals surface area contributed by atoms with Crippen LogP contribution in [-0.4, -0.2) is 0 Å². The minimum Gasteiger partial charge on any atom is -0.456 e. The van der Waals surface area contributed by atoms with Crippen molar-refractivity contribution in [3.8, 4) is 55.6 Å². The van der Waals surface area contributed by atoms with Crippen LogP contribution in [0.1, 0.15) is 22.3 Å². The molecule has 11 aromatic rings. The summed E-state index contributed by atoms with van der Waals surface area (Å²) < 4.78 is 6.28. The van der Waals surface area contributed by atoms with Gasteiger partial charge in [-0.3, -0.25) is 0 Å². The van der Waals surface area contributed by atoms with Gasteiger partial charge in [0, 0.05) is 27.8 Å². The van der Waals surface area contributed by atoms with Gasteiger partial charge in [0.1, 0.15) is 11.2 Å². The molecule has 1 aromatic heterocycles. The lowest BCUT2D eigenvalue weighted by Crippen LogP contribution is -2.26. The molecule has 1 heterocycles. The summed E-state index contributed by atoms with van der Waals surface area (Å²) in [5.41, 5.74) is 22.3. The second-order valence-electron chi connectivity index (χ2n) is 16.8. The third-order valence-electron chi connectivity index (χ3n) is 13.5. The van der Waals surface area contributed by atoms with Gasteiger partial charge in [-0.1, -0.05) is 182 Å². The molecule has 2 aliphatic carbocycles. The van der Waals surface area contributed by atoms with E-state index in [0.29, 0.717) is 0 Å². The lowest BCUT2D eigenvalue weighted by molar-refractivity contribution is 0.669. The van der Waals surface area contributed by atoms with Crippen LogP contribution in [0.5, 0.6) is 0 Å². The van der Waals surface area contributed by atoms with Gasteiger partial charge in [-0.25, -0.2) is 0 Å². The minimum atomic E-state index is -0.445. The molecular formula is C61H39NO. The van der Waals surface area contributed by atoms with Crippen molar-refractivity contribution in [2.45, 2.75) is 5.41 Å². The summed E-state index contributed by atoms with van der Waals surface area (Å²) in [5, 5.41) is 2.28. The first-order chi connectivity index (χ1) is 31.2. The topological polar surface area (TPSA) is 16.4 Å². The molecule has 2 aliphatic rings. The molecule has 0 radical (unpaired) electrons. The van der Waals surface area contributed by atoms with E-state index >= 15 is 0 Å². The number of nitrogens with zero attached hydrogens (tertiary/aromatic N) is 1. The SMILES string of the molecule is c1ccc(-c2ccc(N(c3ccc(-c4ccc5c(c4)oc4ccccc45)cc3)c3cccc(-c4cccc5c4C4(c6ccccc6-c6ccccc64)c4ccccc4-5)c3)cc2)cc1. The van der Waals surface area contributed by atoms with Crippen molar-refractivity contribution in [3.63, 3.8) is 0 Å². The summed E-state index contributed by atoms with van der Waals surface area (Å²) in [4.78, 5) is 2.39. The monoisotopic (exact) mass is 801 g/mol. The van der Waals surface area contributed by atoms with Gasteiger partial charge in [-0.05, 0) is 132 Å². The molecule has 1 spiro atoms. The van der Waals surface area contributed by atoms with Gasteiger partial charge in [-0.2, -0.15) is 0 Å². The van der Waals surface area contributed by atoms with Gasteiger partial charge >= 0.3 is 0 Å². The minimum absolute atomic E-state index is 0.445. The fourth-order valence-electron chi connectivity index (χ4n) is 10.8. The number of para-hydroxylation sites is 1. The van der Waals surface area contributed by atoms with E-state index in [1.165, 1.54) is 66.8 Å². The second-order valence-corrected chi connectivity index (χ2v) is 16.8. The van der Waals surface area contributed by atoms with E-state index in [1.807, 2.05) is 12.1 Å². The molecule has 0 atom stereocenters. The number of hydrogen-bond donors (Lipinski definition) is 0. The lowest BCUT2D eigenvalue weighted by atomic mass is 9.68. The summed E-state index contributed by atoms with van der Waals surface area (Å²) in [7, 11) is 0. The molecule has 294 valence electrons. The third-order valence-corrected chi connectivity index (χ3v) is 13.5. The highest BCUT2D eigenvalue weighted by atomic mass is 16.3. The average molecular weight is 802 g/mol. The maximum atomic E-state index is 6.28. The van der Waals surface area contributed by atoms with Crippen molar-refractivity contribution in [2.75, 3.05) is 4.90 Å². The Kier molecular flexibility index (Phi) is 7.85. The molecule has 0 bridgehead atoms. The number of benzene rings is 10. The van der Waals surface area contributed by atoms with Gasteiger partial charge < -0.3 is 9.32 Å². The van der Waals surface area contributed by atoms with E-state index < -0.39 is 5.41 Å². The summed E-state index contributed by atoms with van der Waals surface area (Å²) >= 11 is 0. The predicted molar refractivity (Wildman–Crippen MR) is 261 cm³/mol. The molecule has 0 fully saturated rings. The molecule has 0 aliphatic heterocycles. The van der Waals surface area contributed by atoms with Crippen molar-refractivity contribution >= 4 is 39.0 Å². The van der Waals surface area contributed by atoms with Gasteiger partial charge in [-0.15, -0.1) is 0 Å². The number of hydrogen-bond acceptors (Lipinski definition) is 2. The molecule has 0 N–H and O–H groups in total. The second kappa shape index (κ2) is 13.9. The van der Waals surface area contributed by atoms with E-state index in [0.717, 1.165) is 50.1 Å². The number of fused-ring (bicyclic) bond motifs is 13. The molecule has 0 amide bonds. The largest absolute Gasteiger partial charge is 0.456 e. The maximum Gasteiger partial charge on any atom is 0.136 e. The summed E-state index contributed by atoms with van der Waals surface area (Å²) in [6.07, 6.45) is 0. The van der Waals surface area contributed by atoms with Crippen LogP contribution in [0.15, 0.2) is 241 Å². The summed E-state index contributed by atoms with van der Waals surface area (Å²) in [5.74, 6) is 0. The van der Waals surface area contributed by atoms with Gasteiger partial charge in [0.15, 0.2) is 0 Å². The quantitative estimate of drug-likeness (QED) is 0.167. The van der Waals surface area contributed by atoms with Crippen molar-refractivity contribution in [1.29, 1.82) is 0 Å². The van der Waals surface area contributed by atoms with Crippen LogP contribution in [0.4, 0.5) is 17.1 Å². The highest BCUT2D eigenvalue weighted by molar-refractivity contribution is 6.06. The van der Waals surface area contributed by atoms with Crippen molar-refractivity contribution in [1.82, 2.24) is 0 Å². The zero-order valence-corrected chi connectivity index (χ0v) is 34.4. The highest BCUT2D eigenvalue weighted by Crippen LogP contribution is 2.64. The Balaban J connectivity index is 0.965. The standard InChI is InChI=1S/C61H39NO/c1-2-14-40(15-3-1)41-28-33-45(34-29-41)62(46-35-30-42(31-36-46)43-32-37-53-52-21-7-11-27-58(52)63-59(53)39-43)47-17-12-16-44(38-47)48-22-13-23-54-51-20-6-10-26-57(51)61(60(48)54)55-24-8-4-18-49(55)50-19-5-9-25-56(50)61/h1-39H. The van der Waals surface area contributed by atoms with E-state index in [-0.39, 0.29) is 0 Å². The fourth-order valence-corrected chi connectivity index (χ4v) is 10.8. The molecule has 13 rings (SSSR count). The molecular weight excluding hydrogens is 763 g/mol.